The van der Waals surface area contributed by atoms with Gasteiger partial charge in [-0.1, -0.05) is 36.6 Å². The molecule has 1 aromatic heterocycles. The van der Waals surface area contributed by atoms with Gasteiger partial charge in [0.25, 0.3) is 0 Å². The highest BCUT2D eigenvalue weighted by Gasteiger charge is 2.45. The number of carbonyl (C=O) groups is 1. The summed E-state index contributed by atoms with van der Waals surface area (Å²) >= 11 is 0. The topological polar surface area (TPSA) is 87.0 Å². The Morgan fingerprint density at radius 3 is 2.62 bits per heavy atom. The molecule has 1 saturated carbocycles. The van der Waals surface area contributed by atoms with Gasteiger partial charge in [0, 0.05) is 38.8 Å². The number of fused-ring (bicyclic) bond motifs is 3. The Balaban J connectivity index is 1.04. The lowest BCUT2D eigenvalue weighted by Gasteiger charge is -2.50. The van der Waals surface area contributed by atoms with E-state index in [4.69, 9.17) is 4.74 Å². The van der Waals surface area contributed by atoms with Crippen molar-refractivity contribution in [3.63, 3.8) is 0 Å². The molecule has 0 spiro atoms. The van der Waals surface area contributed by atoms with E-state index in [1.165, 1.54) is 6.42 Å². The zero-order chi connectivity index (χ0) is 25.4. The van der Waals surface area contributed by atoms with Crippen LogP contribution in [0.3, 0.4) is 0 Å². The number of aromatic nitrogens is 3. The second-order valence-corrected chi connectivity index (χ2v) is 11.4. The molecule has 0 radical (unpaired) electrons. The fraction of sp³-hybridized carbons (Fsp3) is 0.679. The number of benzene rings is 1. The lowest BCUT2D eigenvalue weighted by atomic mass is 9.75. The van der Waals surface area contributed by atoms with Gasteiger partial charge in [-0.3, -0.25) is 14.4 Å². The maximum absolute atomic E-state index is 13.6. The molecule has 37 heavy (non-hydrogen) atoms. The third-order valence-corrected chi connectivity index (χ3v) is 9.31. The number of nitrogens with zero attached hydrogens (tertiary/aromatic N) is 6. The van der Waals surface area contributed by atoms with Gasteiger partial charge in [0.05, 0.1) is 31.5 Å². The summed E-state index contributed by atoms with van der Waals surface area (Å²) in [5.41, 5.74) is 1.02. The van der Waals surface area contributed by atoms with Crippen molar-refractivity contribution in [2.75, 3.05) is 51.3 Å². The molecule has 4 atom stereocenters. The van der Waals surface area contributed by atoms with E-state index in [1.807, 2.05) is 29.1 Å². The number of ether oxygens (including phenoxy) is 1. The van der Waals surface area contributed by atoms with Crippen molar-refractivity contribution in [3.05, 3.63) is 36.2 Å². The number of para-hydroxylation sites is 2. The molecule has 1 aromatic carbocycles. The van der Waals surface area contributed by atoms with E-state index in [9.17, 15) is 9.90 Å². The predicted octanol–water partition coefficient (Wildman–Crippen LogP) is 2.50. The van der Waals surface area contributed by atoms with Crippen LogP contribution >= 0.6 is 0 Å². The second kappa shape index (κ2) is 10.3. The molecule has 9 heteroatoms. The number of amides is 1. The van der Waals surface area contributed by atoms with Crippen LogP contribution < -0.4 is 9.64 Å². The highest BCUT2D eigenvalue weighted by Crippen LogP contribution is 2.39. The molecule has 200 valence electrons. The Hall–Kier alpha value is -2.65. The number of hydrogen-bond donors (Lipinski definition) is 1. The quantitative estimate of drug-likeness (QED) is 0.642. The number of methoxy groups -OCH3 is 1. The predicted molar refractivity (Wildman–Crippen MR) is 140 cm³/mol. The first-order valence-electron chi connectivity index (χ1n) is 14.1. The van der Waals surface area contributed by atoms with Gasteiger partial charge in [0.15, 0.2) is 0 Å². The minimum atomic E-state index is -0.810. The molecule has 4 aliphatic heterocycles. The van der Waals surface area contributed by atoms with Crippen molar-refractivity contribution in [3.8, 4) is 5.75 Å². The third kappa shape index (κ3) is 4.83. The third-order valence-electron chi connectivity index (χ3n) is 9.31. The smallest absolute Gasteiger partial charge is 0.227 e. The summed E-state index contributed by atoms with van der Waals surface area (Å²) in [5.74, 6) is 1.74. The van der Waals surface area contributed by atoms with E-state index < -0.39 is 5.60 Å². The summed E-state index contributed by atoms with van der Waals surface area (Å²) in [6, 6.07) is 8.49. The Labute approximate surface area is 219 Å². The van der Waals surface area contributed by atoms with E-state index in [0.717, 1.165) is 101 Å². The first-order valence-corrected chi connectivity index (χ1v) is 14.1. The van der Waals surface area contributed by atoms with E-state index in [2.05, 4.69) is 31.1 Å². The van der Waals surface area contributed by atoms with Crippen LogP contribution in [0.2, 0.25) is 0 Å². The molecule has 1 N–H and O–H groups in total. The van der Waals surface area contributed by atoms with Crippen molar-refractivity contribution >= 4 is 11.6 Å². The minimum Gasteiger partial charge on any atom is -0.495 e. The summed E-state index contributed by atoms with van der Waals surface area (Å²) in [7, 11) is 1.71. The molecular weight excluding hydrogens is 468 g/mol. The van der Waals surface area contributed by atoms with Crippen molar-refractivity contribution in [1.82, 2.24) is 24.8 Å². The minimum absolute atomic E-state index is 0.0945. The molecule has 9 nitrogen and oxygen atoms in total. The molecule has 5 fully saturated rings. The highest BCUT2D eigenvalue weighted by molar-refractivity contribution is 5.80. The van der Waals surface area contributed by atoms with E-state index in [-0.39, 0.29) is 5.92 Å². The van der Waals surface area contributed by atoms with Gasteiger partial charge in [-0.05, 0) is 50.3 Å². The number of piperidine rings is 3. The average molecular weight is 509 g/mol. The van der Waals surface area contributed by atoms with Crippen LogP contribution in [0, 0.1) is 11.8 Å². The average Bonchev–Trinajstić information content (AvgIpc) is 3.43. The van der Waals surface area contributed by atoms with E-state index >= 15 is 0 Å². The maximum Gasteiger partial charge on any atom is 0.227 e. The van der Waals surface area contributed by atoms with Gasteiger partial charge < -0.3 is 19.6 Å². The van der Waals surface area contributed by atoms with Crippen LogP contribution in [0.15, 0.2) is 30.5 Å². The number of rotatable bonds is 6. The lowest BCUT2D eigenvalue weighted by molar-refractivity contribution is -0.144. The van der Waals surface area contributed by atoms with Gasteiger partial charge in [-0.25, -0.2) is 0 Å². The van der Waals surface area contributed by atoms with Crippen LogP contribution in [-0.4, -0.2) is 88.2 Å². The van der Waals surface area contributed by atoms with Gasteiger partial charge in [0.2, 0.25) is 5.91 Å². The zero-order valence-electron chi connectivity index (χ0n) is 22.0. The fourth-order valence-electron chi connectivity index (χ4n) is 7.11. The van der Waals surface area contributed by atoms with Crippen LogP contribution in [0.5, 0.6) is 5.75 Å². The highest BCUT2D eigenvalue weighted by atomic mass is 16.5. The van der Waals surface area contributed by atoms with Crippen LogP contribution in [0.25, 0.3) is 0 Å². The van der Waals surface area contributed by atoms with Crippen molar-refractivity contribution in [2.24, 2.45) is 11.8 Å². The van der Waals surface area contributed by atoms with Gasteiger partial charge in [-0.2, -0.15) is 0 Å². The number of carbonyl (C=O) groups excluding carboxylic acids is 1. The van der Waals surface area contributed by atoms with Gasteiger partial charge in [0.1, 0.15) is 17.0 Å². The Bertz CT molecular complexity index is 1090. The number of piperazine rings is 1. The van der Waals surface area contributed by atoms with Gasteiger partial charge in [-0.15, -0.1) is 5.10 Å². The van der Waals surface area contributed by atoms with Crippen LogP contribution in [0.4, 0.5) is 5.69 Å². The summed E-state index contributed by atoms with van der Waals surface area (Å²) in [6.07, 6.45) is 8.91. The normalized spacial score (nSPS) is 29.4. The summed E-state index contributed by atoms with van der Waals surface area (Å²) in [6.45, 7) is 5.84. The maximum atomic E-state index is 13.6. The van der Waals surface area contributed by atoms with Crippen molar-refractivity contribution < 1.29 is 14.6 Å². The molecule has 4 saturated heterocycles. The Morgan fingerprint density at radius 1 is 1.11 bits per heavy atom. The fourth-order valence-corrected chi connectivity index (χ4v) is 7.11. The van der Waals surface area contributed by atoms with Crippen LogP contribution in [-0.2, 0) is 16.9 Å². The largest absolute Gasteiger partial charge is 0.495 e. The molecule has 7 rings (SSSR count). The zero-order valence-corrected chi connectivity index (χ0v) is 22.0. The molecule has 5 aliphatic rings. The van der Waals surface area contributed by atoms with E-state index in [1.54, 1.807) is 7.11 Å². The lowest BCUT2D eigenvalue weighted by Crippen LogP contribution is -2.60. The van der Waals surface area contributed by atoms with Crippen molar-refractivity contribution in [2.45, 2.75) is 63.1 Å². The number of aliphatic hydroxyl groups is 1. The molecule has 2 bridgehead atoms. The molecule has 2 aromatic rings. The molecule has 1 unspecified atom stereocenters. The van der Waals surface area contributed by atoms with Crippen molar-refractivity contribution in [1.29, 1.82) is 0 Å². The van der Waals surface area contributed by atoms with Gasteiger partial charge >= 0.3 is 0 Å². The summed E-state index contributed by atoms with van der Waals surface area (Å²) < 4.78 is 7.46. The molecule has 1 aliphatic carbocycles. The summed E-state index contributed by atoms with van der Waals surface area (Å²) in [5, 5.41) is 19.7. The Kier molecular flexibility index (Phi) is 6.84. The SMILES string of the molecule is COc1ccccc1N1CCN(C(=O)[C@@H]2CN3CC[C@@H]2C[C@@H]3Cn2cc(C3(O)CCCCC3)nn2)CC1. The molecule has 1 amide bonds. The first kappa shape index (κ1) is 24.7. The Morgan fingerprint density at radius 2 is 1.89 bits per heavy atom. The summed E-state index contributed by atoms with van der Waals surface area (Å²) in [4.78, 5) is 20.5. The first-order chi connectivity index (χ1) is 18.0. The molecular formula is C28H40N6O3. The standard InChI is InChI=1S/C28H40N6O3/c1-37-25-8-4-3-7-24(25)31-13-15-32(16-14-31)27(35)23-19-33-12-9-21(23)17-22(33)18-34-20-26(29-30-34)28(36)10-5-2-6-11-28/h3-4,7-8,20-23,36H,2,5-6,9-19H2,1H3/t21-,22-,23-/m1/s1. The number of anilines is 1. The number of hydrogen-bond acceptors (Lipinski definition) is 7. The van der Waals surface area contributed by atoms with E-state index in [0.29, 0.717) is 17.9 Å². The molecule has 5 heterocycles. The van der Waals surface area contributed by atoms with Crippen LogP contribution in [0.1, 0.15) is 50.6 Å². The monoisotopic (exact) mass is 508 g/mol. The second-order valence-electron chi connectivity index (χ2n) is 11.4.